The zero-order chi connectivity index (χ0) is 14.8. The van der Waals surface area contributed by atoms with Crippen LogP contribution in [0.3, 0.4) is 0 Å². The minimum atomic E-state index is -3.61. The number of carboxylic acids is 1. The number of carbonyl (C=O) groups is 1. The Hall–Kier alpha value is -0.920. The molecule has 0 aromatic carbocycles. The molecule has 2 rings (SSSR count). The lowest BCUT2D eigenvalue weighted by Gasteiger charge is -2.28. The van der Waals surface area contributed by atoms with Gasteiger partial charge in [-0.3, -0.25) is 4.79 Å². The van der Waals surface area contributed by atoms with Crippen LogP contribution < -0.4 is 4.72 Å². The van der Waals surface area contributed by atoms with Gasteiger partial charge in [0.25, 0.3) is 0 Å². The highest BCUT2D eigenvalue weighted by Gasteiger charge is 2.34. The molecule has 2 unspecified atom stereocenters. The number of rotatable bonds is 5. The third-order valence-corrected chi connectivity index (χ3v) is 6.85. The first-order valence-corrected chi connectivity index (χ1v) is 9.08. The second-order valence-corrected chi connectivity index (χ2v) is 8.14. The summed E-state index contributed by atoms with van der Waals surface area (Å²) in [5.41, 5.74) is 0. The first-order chi connectivity index (χ1) is 9.44. The van der Waals surface area contributed by atoms with E-state index < -0.39 is 28.0 Å². The van der Waals surface area contributed by atoms with Crippen LogP contribution in [0.1, 0.15) is 37.5 Å². The van der Waals surface area contributed by atoms with Crippen molar-refractivity contribution < 1.29 is 18.3 Å². The van der Waals surface area contributed by atoms with E-state index in [9.17, 15) is 18.3 Å². The van der Waals surface area contributed by atoms with Crippen molar-refractivity contribution >= 4 is 27.3 Å². The van der Waals surface area contributed by atoms with Crippen LogP contribution in [0.2, 0.25) is 0 Å². The molecule has 1 fully saturated rings. The van der Waals surface area contributed by atoms with Crippen molar-refractivity contribution in [1.29, 1.82) is 0 Å². The maximum Gasteiger partial charge on any atom is 0.308 e. The maximum atomic E-state index is 12.3. The second kappa shape index (κ2) is 6.24. The molecule has 2 N–H and O–H groups in total. The molecule has 5 nitrogen and oxygen atoms in total. The Morgan fingerprint density at radius 3 is 2.70 bits per heavy atom. The molecule has 0 bridgehead atoms. The van der Waals surface area contributed by atoms with Crippen LogP contribution in [-0.2, 0) is 21.2 Å². The van der Waals surface area contributed by atoms with Crippen molar-refractivity contribution in [2.75, 3.05) is 0 Å². The Bertz CT molecular complexity index is 579. The van der Waals surface area contributed by atoms with Gasteiger partial charge >= 0.3 is 5.97 Å². The SMILES string of the molecule is CCc1ccc(S(=O)(=O)NC2CCCCC2C(=O)O)s1. The largest absolute Gasteiger partial charge is 0.481 e. The van der Waals surface area contributed by atoms with Crippen LogP contribution in [-0.4, -0.2) is 25.5 Å². The zero-order valence-corrected chi connectivity index (χ0v) is 13.0. The Labute approximate surface area is 123 Å². The lowest BCUT2D eigenvalue weighted by atomic mass is 9.85. The zero-order valence-electron chi connectivity index (χ0n) is 11.3. The molecular weight excluding hydrogens is 298 g/mol. The minimum absolute atomic E-state index is 0.268. The van der Waals surface area contributed by atoms with Gasteiger partial charge in [-0.15, -0.1) is 11.3 Å². The number of nitrogens with one attached hydrogen (secondary N) is 1. The number of aliphatic carboxylic acids is 1. The maximum absolute atomic E-state index is 12.3. The first kappa shape index (κ1) is 15.5. The topological polar surface area (TPSA) is 83.5 Å². The van der Waals surface area contributed by atoms with Crippen molar-refractivity contribution in [1.82, 2.24) is 4.72 Å². The third-order valence-electron chi connectivity index (χ3n) is 3.64. The molecule has 0 radical (unpaired) electrons. The third kappa shape index (κ3) is 3.39. The summed E-state index contributed by atoms with van der Waals surface area (Å²) in [5, 5.41) is 9.19. The van der Waals surface area contributed by atoms with Crippen molar-refractivity contribution in [3.63, 3.8) is 0 Å². The van der Waals surface area contributed by atoms with Crippen molar-refractivity contribution in [2.24, 2.45) is 5.92 Å². The van der Waals surface area contributed by atoms with Gasteiger partial charge < -0.3 is 5.11 Å². The van der Waals surface area contributed by atoms with E-state index >= 15 is 0 Å². The van der Waals surface area contributed by atoms with Gasteiger partial charge in [-0.1, -0.05) is 19.8 Å². The number of hydrogen-bond acceptors (Lipinski definition) is 4. The average molecular weight is 317 g/mol. The highest BCUT2D eigenvalue weighted by atomic mass is 32.2. The molecule has 112 valence electrons. The van der Waals surface area contributed by atoms with Crippen LogP contribution in [0.15, 0.2) is 16.3 Å². The van der Waals surface area contributed by atoms with E-state index in [-0.39, 0.29) is 4.21 Å². The van der Waals surface area contributed by atoms with E-state index in [2.05, 4.69) is 4.72 Å². The molecular formula is C13H19NO4S2. The molecule has 1 aromatic heterocycles. The summed E-state index contributed by atoms with van der Waals surface area (Å²) in [4.78, 5) is 12.2. The van der Waals surface area contributed by atoms with Crippen LogP contribution in [0, 0.1) is 5.92 Å². The fourth-order valence-electron chi connectivity index (χ4n) is 2.52. The van der Waals surface area contributed by atoms with Gasteiger partial charge in [0.1, 0.15) is 4.21 Å². The predicted octanol–water partition coefficient (Wildman–Crippen LogP) is 2.23. The summed E-state index contributed by atoms with van der Waals surface area (Å²) >= 11 is 1.24. The number of hydrogen-bond donors (Lipinski definition) is 2. The molecule has 1 aliphatic carbocycles. The molecule has 1 aromatic rings. The summed E-state index contributed by atoms with van der Waals surface area (Å²) in [5.74, 6) is -1.54. The van der Waals surface area contributed by atoms with Gasteiger partial charge in [0.05, 0.1) is 5.92 Å². The minimum Gasteiger partial charge on any atom is -0.481 e. The lowest BCUT2D eigenvalue weighted by molar-refractivity contribution is -0.143. The first-order valence-electron chi connectivity index (χ1n) is 6.78. The standard InChI is InChI=1S/C13H19NO4S2/c1-2-9-7-8-12(19-9)20(17,18)14-11-6-4-3-5-10(11)13(15)16/h7-8,10-11,14H,2-6H2,1H3,(H,15,16). The highest BCUT2D eigenvalue weighted by molar-refractivity contribution is 7.91. The van der Waals surface area contributed by atoms with Gasteiger partial charge in [0.2, 0.25) is 10.0 Å². The molecule has 1 saturated carbocycles. The Kier molecular flexibility index (Phi) is 4.82. The quantitative estimate of drug-likeness (QED) is 0.872. The summed E-state index contributed by atoms with van der Waals surface area (Å²) in [6.45, 7) is 1.97. The highest BCUT2D eigenvalue weighted by Crippen LogP contribution is 2.28. The van der Waals surface area contributed by atoms with Crippen LogP contribution >= 0.6 is 11.3 Å². The molecule has 0 amide bonds. The van der Waals surface area contributed by atoms with E-state index in [0.717, 1.165) is 24.1 Å². The Balaban J connectivity index is 2.16. The molecule has 20 heavy (non-hydrogen) atoms. The molecule has 1 aliphatic rings. The van der Waals surface area contributed by atoms with E-state index in [1.165, 1.54) is 11.3 Å². The van der Waals surface area contributed by atoms with Crippen LogP contribution in [0.25, 0.3) is 0 Å². The van der Waals surface area contributed by atoms with Crippen LogP contribution in [0.5, 0.6) is 0 Å². The van der Waals surface area contributed by atoms with Gasteiger partial charge in [-0.05, 0) is 31.4 Å². The number of thiophene rings is 1. The molecule has 0 aliphatic heterocycles. The van der Waals surface area contributed by atoms with Gasteiger partial charge in [-0.25, -0.2) is 13.1 Å². The second-order valence-electron chi connectivity index (χ2n) is 5.03. The number of carboxylic acid groups (broad SMARTS) is 1. The smallest absolute Gasteiger partial charge is 0.308 e. The molecule has 2 atom stereocenters. The fourth-order valence-corrected chi connectivity index (χ4v) is 5.14. The Morgan fingerprint density at radius 1 is 1.40 bits per heavy atom. The van der Waals surface area contributed by atoms with Gasteiger partial charge in [0, 0.05) is 10.9 Å². The Morgan fingerprint density at radius 2 is 2.10 bits per heavy atom. The average Bonchev–Trinajstić information content (AvgIpc) is 2.88. The monoisotopic (exact) mass is 317 g/mol. The number of aryl methyl sites for hydroxylation is 1. The van der Waals surface area contributed by atoms with E-state index in [4.69, 9.17) is 0 Å². The normalized spacial score (nSPS) is 23.6. The van der Waals surface area contributed by atoms with E-state index in [0.29, 0.717) is 12.8 Å². The summed E-state index contributed by atoms with van der Waals surface area (Å²) in [6.07, 6.45) is 3.62. The number of sulfonamides is 1. The van der Waals surface area contributed by atoms with Crippen molar-refractivity contribution in [3.8, 4) is 0 Å². The van der Waals surface area contributed by atoms with Crippen LogP contribution in [0.4, 0.5) is 0 Å². The van der Waals surface area contributed by atoms with E-state index in [1.807, 2.05) is 6.92 Å². The van der Waals surface area contributed by atoms with E-state index in [1.54, 1.807) is 12.1 Å². The summed E-state index contributed by atoms with van der Waals surface area (Å²) in [7, 11) is -3.61. The molecule has 7 heteroatoms. The van der Waals surface area contributed by atoms with Gasteiger partial charge in [-0.2, -0.15) is 0 Å². The fraction of sp³-hybridized carbons (Fsp3) is 0.615. The van der Waals surface area contributed by atoms with Gasteiger partial charge in [0.15, 0.2) is 0 Å². The molecule has 0 saturated heterocycles. The van der Waals surface area contributed by atoms with Crippen molar-refractivity contribution in [2.45, 2.75) is 49.3 Å². The lowest BCUT2D eigenvalue weighted by Crippen LogP contribution is -2.44. The summed E-state index contributed by atoms with van der Waals surface area (Å²) in [6, 6.07) is 2.89. The molecule has 1 heterocycles. The molecule has 0 spiro atoms. The summed E-state index contributed by atoms with van der Waals surface area (Å²) < 4.78 is 27.5. The van der Waals surface area contributed by atoms with Crippen molar-refractivity contribution in [3.05, 3.63) is 17.0 Å². The predicted molar refractivity (Wildman–Crippen MR) is 77.4 cm³/mol.